The van der Waals surface area contributed by atoms with E-state index in [-0.39, 0.29) is 0 Å². The molecule has 1 aromatic carbocycles. The summed E-state index contributed by atoms with van der Waals surface area (Å²) >= 11 is 0. The summed E-state index contributed by atoms with van der Waals surface area (Å²) in [6, 6.07) is 7.66. The Bertz CT molecular complexity index is 328. The molecule has 0 heterocycles. The fraction of sp³-hybridized carbons (Fsp3) is 0.182. The Kier molecular flexibility index (Phi) is 3.88. The Morgan fingerprint density at radius 1 is 1.36 bits per heavy atom. The topological polar surface area (TPSA) is 63.3 Å². The third kappa shape index (κ3) is 3.41. The van der Waals surface area contributed by atoms with E-state index in [0.717, 1.165) is 18.1 Å². The number of carboxylic acid groups (broad SMARTS) is 1. The summed E-state index contributed by atoms with van der Waals surface area (Å²) in [6.07, 6.45) is 3.54. The monoisotopic (exact) mass is 191 g/mol. The van der Waals surface area contributed by atoms with Crippen LogP contribution in [0.25, 0.3) is 6.08 Å². The van der Waals surface area contributed by atoms with E-state index in [2.05, 4.69) is 0 Å². The molecule has 0 aromatic heterocycles. The summed E-state index contributed by atoms with van der Waals surface area (Å²) in [7, 11) is 0. The van der Waals surface area contributed by atoms with E-state index in [9.17, 15) is 4.79 Å². The molecule has 3 N–H and O–H groups in total. The Morgan fingerprint density at radius 2 is 2.00 bits per heavy atom. The van der Waals surface area contributed by atoms with Gasteiger partial charge in [-0.1, -0.05) is 24.3 Å². The molecule has 0 unspecified atom stereocenters. The Morgan fingerprint density at radius 3 is 2.50 bits per heavy atom. The Balaban J connectivity index is 2.68. The number of nitrogens with two attached hydrogens (primary N) is 1. The van der Waals surface area contributed by atoms with Crippen molar-refractivity contribution in [3.63, 3.8) is 0 Å². The highest BCUT2D eigenvalue weighted by Crippen LogP contribution is 2.06. The number of hydrogen-bond acceptors (Lipinski definition) is 2. The first kappa shape index (κ1) is 10.5. The molecule has 0 bridgehead atoms. The van der Waals surface area contributed by atoms with Gasteiger partial charge in [-0.05, 0) is 30.2 Å². The minimum atomic E-state index is -0.934. The predicted octanol–water partition coefficient (Wildman–Crippen LogP) is 1.29. The van der Waals surface area contributed by atoms with Gasteiger partial charge < -0.3 is 10.8 Å². The van der Waals surface area contributed by atoms with Crippen molar-refractivity contribution in [3.8, 4) is 0 Å². The average Bonchev–Trinajstić information content (AvgIpc) is 2.17. The largest absolute Gasteiger partial charge is 0.478 e. The summed E-state index contributed by atoms with van der Waals surface area (Å²) in [6.45, 7) is 0.629. The van der Waals surface area contributed by atoms with Crippen LogP contribution >= 0.6 is 0 Å². The molecule has 0 spiro atoms. The van der Waals surface area contributed by atoms with Gasteiger partial charge in [0.15, 0.2) is 0 Å². The number of carbonyl (C=O) groups is 1. The van der Waals surface area contributed by atoms with Crippen molar-refractivity contribution < 1.29 is 9.90 Å². The van der Waals surface area contributed by atoms with Gasteiger partial charge in [0.05, 0.1) is 0 Å². The average molecular weight is 191 g/mol. The second-order valence-corrected chi connectivity index (χ2v) is 2.95. The van der Waals surface area contributed by atoms with Gasteiger partial charge in [-0.15, -0.1) is 0 Å². The first-order valence-electron chi connectivity index (χ1n) is 4.42. The third-order valence-corrected chi connectivity index (χ3v) is 1.83. The van der Waals surface area contributed by atoms with Crippen LogP contribution in [-0.4, -0.2) is 17.6 Å². The highest BCUT2D eigenvalue weighted by atomic mass is 16.4. The molecule has 1 aromatic rings. The molecule has 0 saturated heterocycles. The van der Waals surface area contributed by atoms with E-state index in [1.807, 2.05) is 24.3 Å². The predicted molar refractivity (Wildman–Crippen MR) is 55.9 cm³/mol. The smallest absolute Gasteiger partial charge is 0.328 e. The summed E-state index contributed by atoms with van der Waals surface area (Å²) < 4.78 is 0. The van der Waals surface area contributed by atoms with Crippen molar-refractivity contribution in [1.29, 1.82) is 0 Å². The molecular weight excluding hydrogens is 178 g/mol. The van der Waals surface area contributed by atoms with Crippen LogP contribution in [0.2, 0.25) is 0 Å². The zero-order valence-corrected chi connectivity index (χ0v) is 7.81. The number of hydrogen-bond donors (Lipinski definition) is 2. The third-order valence-electron chi connectivity index (χ3n) is 1.83. The van der Waals surface area contributed by atoms with Crippen molar-refractivity contribution in [2.45, 2.75) is 6.42 Å². The highest BCUT2D eigenvalue weighted by Gasteiger charge is 1.92. The van der Waals surface area contributed by atoms with Crippen LogP contribution in [0.15, 0.2) is 30.3 Å². The van der Waals surface area contributed by atoms with Crippen LogP contribution in [0, 0.1) is 0 Å². The molecule has 3 heteroatoms. The minimum Gasteiger partial charge on any atom is -0.478 e. The van der Waals surface area contributed by atoms with E-state index < -0.39 is 5.97 Å². The molecule has 0 radical (unpaired) electrons. The molecule has 3 nitrogen and oxygen atoms in total. The molecule has 0 aliphatic carbocycles. The van der Waals surface area contributed by atoms with Gasteiger partial charge in [0.25, 0.3) is 0 Å². The molecule has 0 aliphatic rings. The van der Waals surface area contributed by atoms with Crippen LogP contribution < -0.4 is 5.73 Å². The van der Waals surface area contributed by atoms with E-state index >= 15 is 0 Å². The van der Waals surface area contributed by atoms with Crippen LogP contribution in [0.1, 0.15) is 11.1 Å². The molecule has 14 heavy (non-hydrogen) atoms. The van der Waals surface area contributed by atoms with E-state index in [1.165, 1.54) is 5.56 Å². The molecule has 0 saturated carbocycles. The minimum absolute atomic E-state index is 0.629. The van der Waals surface area contributed by atoms with Crippen LogP contribution in [-0.2, 0) is 11.2 Å². The lowest BCUT2D eigenvalue weighted by Gasteiger charge is -1.98. The van der Waals surface area contributed by atoms with E-state index in [1.54, 1.807) is 6.08 Å². The first-order chi connectivity index (χ1) is 6.72. The van der Waals surface area contributed by atoms with E-state index in [4.69, 9.17) is 10.8 Å². The maximum Gasteiger partial charge on any atom is 0.328 e. The quantitative estimate of drug-likeness (QED) is 0.705. The standard InChI is InChI=1S/C11H13NO2/c12-8-7-10-3-1-9(2-4-10)5-6-11(13)14/h1-6H,7-8,12H2,(H,13,14). The number of carboxylic acids is 1. The zero-order chi connectivity index (χ0) is 10.4. The fourth-order valence-corrected chi connectivity index (χ4v) is 1.13. The first-order valence-corrected chi connectivity index (χ1v) is 4.42. The van der Waals surface area contributed by atoms with Gasteiger partial charge >= 0.3 is 5.97 Å². The Labute approximate surface area is 82.9 Å². The molecule has 74 valence electrons. The van der Waals surface area contributed by atoms with Crippen molar-refractivity contribution in [1.82, 2.24) is 0 Å². The van der Waals surface area contributed by atoms with Crippen molar-refractivity contribution in [2.24, 2.45) is 5.73 Å². The van der Waals surface area contributed by atoms with Gasteiger partial charge in [-0.3, -0.25) is 0 Å². The van der Waals surface area contributed by atoms with Crippen molar-refractivity contribution in [3.05, 3.63) is 41.5 Å². The number of aliphatic carboxylic acids is 1. The van der Waals surface area contributed by atoms with Crippen LogP contribution in [0.5, 0.6) is 0 Å². The lowest BCUT2D eigenvalue weighted by atomic mass is 10.1. The summed E-state index contributed by atoms with van der Waals surface area (Å²) in [5.74, 6) is -0.934. The van der Waals surface area contributed by atoms with Gasteiger partial charge in [-0.2, -0.15) is 0 Å². The lowest BCUT2D eigenvalue weighted by Crippen LogP contribution is -2.02. The van der Waals surface area contributed by atoms with Gasteiger partial charge in [-0.25, -0.2) is 4.79 Å². The van der Waals surface area contributed by atoms with Gasteiger partial charge in [0.2, 0.25) is 0 Å². The highest BCUT2D eigenvalue weighted by molar-refractivity contribution is 5.85. The molecule has 0 aliphatic heterocycles. The van der Waals surface area contributed by atoms with Crippen molar-refractivity contribution in [2.75, 3.05) is 6.54 Å². The SMILES string of the molecule is NCCc1ccc(C=CC(=O)O)cc1. The molecular formula is C11H13NO2. The van der Waals surface area contributed by atoms with E-state index in [0.29, 0.717) is 6.54 Å². The Hall–Kier alpha value is -1.61. The molecule has 1 rings (SSSR count). The normalized spacial score (nSPS) is 10.6. The maximum atomic E-state index is 10.2. The van der Waals surface area contributed by atoms with Crippen LogP contribution in [0.3, 0.4) is 0 Å². The fourth-order valence-electron chi connectivity index (χ4n) is 1.13. The van der Waals surface area contributed by atoms with Gasteiger partial charge in [0.1, 0.15) is 0 Å². The van der Waals surface area contributed by atoms with Gasteiger partial charge in [0, 0.05) is 6.08 Å². The van der Waals surface area contributed by atoms with Crippen molar-refractivity contribution >= 4 is 12.0 Å². The zero-order valence-electron chi connectivity index (χ0n) is 7.81. The maximum absolute atomic E-state index is 10.2. The number of rotatable bonds is 4. The lowest BCUT2D eigenvalue weighted by molar-refractivity contribution is -0.131. The summed E-state index contributed by atoms with van der Waals surface area (Å²) in [4.78, 5) is 10.2. The number of benzene rings is 1. The second-order valence-electron chi connectivity index (χ2n) is 2.95. The van der Waals surface area contributed by atoms with Crippen LogP contribution in [0.4, 0.5) is 0 Å². The summed E-state index contributed by atoms with van der Waals surface area (Å²) in [5, 5.41) is 8.41. The molecule has 0 atom stereocenters. The second kappa shape index (κ2) is 5.19. The molecule has 0 amide bonds. The summed E-state index contributed by atoms with van der Waals surface area (Å²) in [5.41, 5.74) is 7.45. The molecule has 0 fully saturated rings.